The maximum atomic E-state index is 13.0. The van der Waals surface area contributed by atoms with E-state index in [0.29, 0.717) is 5.92 Å². The van der Waals surface area contributed by atoms with Crippen LogP contribution in [0.15, 0.2) is 48.5 Å². The summed E-state index contributed by atoms with van der Waals surface area (Å²) in [6.07, 6.45) is 0. The molecule has 0 bridgehead atoms. The van der Waals surface area contributed by atoms with E-state index in [1.165, 1.54) is 16.7 Å². The molecular formula is C22H28N2O. The molecule has 0 saturated carbocycles. The largest absolute Gasteiger partial charge is 0.347 e. The van der Waals surface area contributed by atoms with Gasteiger partial charge < -0.3 is 10.6 Å². The van der Waals surface area contributed by atoms with Crippen molar-refractivity contribution in [3.63, 3.8) is 0 Å². The summed E-state index contributed by atoms with van der Waals surface area (Å²) in [6.45, 7) is 10.0. The van der Waals surface area contributed by atoms with Gasteiger partial charge in [0.05, 0.1) is 11.5 Å². The molecule has 0 radical (unpaired) electrons. The standard InChI is InChI=1S/C22H28N2O/c1-15(2)16-10-11-19-17(12-16)13-23-14-20(19)24-21(25)22(3,4)18-8-6-5-7-9-18/h5-12,15,20,23H,13-14H2,1-4H3,(H,24,25). The molecule has 0 aromatic heterocycles. The third kappa shape index (κ3) is 3.62. The summed E-state index contributed by atoms with van der Waals surface area (Å²) in [4.78, 5) is 13.0. The molecule has 0 aliphatic carbocycles. The first-order chi connectivity index (χ1) is 11.9. The Morgan fingerprint density at radius 3 is 2.56 bits per heavy atom. The monoisotopic (exact) mass is 336 g/mol. The van der Waals surface area contributed by atoms with Crippen LogP contribution in [0, 0.1) is 0 Å². The molecule has 3 nitrogen and oxygen atoms in total. The fourth-order valence-corrected chi connectivity index (χ4v) is 3.39. The topological polar surface area (TPSA) is 41.1 Å². The highest BCUT2D eigenvalue weighted by molar-refractivity contribution is 5.87. The smallest absolute Gasteiger partial charge is 0.230 e. The molecule has 1 atom stereocenters. The van der Waals surface area contributed by atoms with E-state index in [9.17, 15) is 4.79 Å². The van der Waals surface area contributed by atoms with Gasteiger partial charge in [-0.15, -0.1) is 0 Å². The van der Waals surface area contributed by atoms with Crippen LogP contribution in [-0.2, 0) is 16.8 Å². The summed E-state index contributed by atoms with van der Waals surface area (Å²) in [6, 6.07) is 16.6. The summed E-state index contributed by atoms with van der Waals surface area (Å²) >= 11 is 0. The van der Waals surface area contributed by atoms with Crippen LogP contribution in [0.4, 0.5) is 0 Å². The Kier molecular flexibility index (Phi) is 4.96. The first kappa shape index (κ1) is 17.7. The normalized spacial score (nSPS) is 17.2. The van der Waals surface area contributed by atoms with Crippen molar-refractivity contribution >= 4 is 5.91 Å². The Balaban J connectivity index is 1.82. The molecule has 0 spiro atoms. The number of carbonyl (C=O) groups is 1. The summed E-state index contributed by atoms with van der Waals surface area (Å²) in [5, 5.41) is 6.70. The molecule has 3 rings (SSSR count). The number of carbonyl (C=O) groups excluding carboxylic acids is 1. The molecule has 1 amide bonds. The van der Waals surface area contributed by atoms with Crippen LogP contribution in [0.25, 0.3) is 0 Å². The predicted octanol–water partition coefficient (Wildman–Crippen LogP) is 4.05. The lowest BCUT2D eigenvalue weighted by Crippen LogP contribution is -2.46. The van der Waals surface area contributed by atoms with Crippen LogP contribution in [0.2, 0.25) is 0 Å². The quantitative estimate of drug-likeness (QED) is 0.884. The second kappa shape index (κ2) is 7.01. The first-order valence-corrected chi connectivity index (χ1v) is 9.09. The van der Waals surface area contributed by atoms with Gasteiger partial charge in [0.1, 0.15) is 0 Å². The SMILES string of the molecule is CC(C)c1ccc2c(c1)CNCC2NC(=O)C(C)(C)c1ccccc1. The van der Waals surface area contributed by atoms with Gasteiger partial charge in [0, 0.05) is 13.1 Å². The van der Waals surface area contributed by atoms with E-state index in [0.717, 1.165) is 18.7 Å². The van der Waals surface area contributed by atoms with Crippen molar-refractivity contribution in [3.05, 3.63) is 70.8 Å². The molecule has 1 aliphatic heterocycles. The zero-order valence-corrected chi connectivity index (χ0v) is 15.6. The van der Waals surface area contributed by atoms with Crippen molar-refractivity contribution in [2.24, 2.45) is 0 Å². The lowest BCUT2D eigenvalue weighted by molar-refractivity contribution is -0.126. The molecular weight excluding hydrogens is 308 g/mol. The van der Waals surface area contributed by atoms with Gasteiger partial charge in [0.25, 0.3) is 0 Å². The van der Waals surface area contributed by atoms with Crippen molar-refractivity contribution < 1.29 is 4.79 Å². The number of nitrogens with one attached hydrogen (secondary N) is 2. The Morgan fingerprint density at radius 2 is 1.88 bits per heavy atom. The van der Waals surface area contributed by atoms with Crippen LogP contribution < -0.4 is 10.6 Å². The summed E-state index contributed by atoms with van der Waals surface area (Å²) in [7, 11) is 0. The first-order valence-electron chi connectivity index (χ1n) is 9.09. The lowest BCUT2D eigenvalue weighted by Gasteiger charge is -2.32. The summed E-state index contributed by atoms with van der Waals surface area (Å²) in [5.41, 5.74) is 4.35. The highest BCUT2D eigenvalue weighted by atomic mass is 16.2. The van der Waals surface area contributed by atoms with Gasteiger partial charge in [0.2, 0.25) is 5.91 Å². The molecule has 132 valence electrons. The van der Waals surface area contributed by atoms with E-state index in [-0.39, 0.29) is 11.9 Å². The van der Waals surface area contributed by atoms with E-state index in [2.05, 4.69) is 42.7 Å². The minimum absolute atomic E-state index is 0.0143. The maximum Gasteiger partial charge on any atom is 0.230 e. The molecule has 3 heteroatoms. The molecule has 1 unspecified atom stereocenters. The maximum absolute atomic E-state index is 13.0. The number of fused-ring (bicyclic) bond motifs is 1. The molecule has 1 aliphatic rings. The van der Waals surface area contributed by atoms with Gasteiger partial charge in [0.15, 0.2) is 0 Å². The molecule has 0 fully saturated rings. The second-order valence-electron chi connectivity index (χ2n) is 7.76. The van der Waals surface area contributed by atoms with Gasteiger partial charge in [-0.05, 0) is 42.0 Å². The second-order valence-corrected chi connectivity index (χ2v) is 7.76. The van der Waals surface area contributed by atoms with Gasteiger partial charge >= 0.3 is 0 Å². The highest BCUT2D eigenvalue weighted by Crippen LogP contribution is 2.28. The number of hydrogen-bond donors (Lipinski definition) is 2. The number of benzene rings is 2. The van der Waals surface area contributed by atoms with Crippen LogP contribution in [0.3, 0.4) is 0 Å². The Hall–Kier alpha value is -2.13. The molecule has 1 heterocycles. The van der Waals surface area contributed by atoms with Gasteiger partial charge in [-0.2, -0.15) is 0 Å². The Bertz CT molecular complexity index is 750. The van der Waals surface area contributed by atoms with Crippen LogP contribution in [0.1, 0.15) is 61.9 Å². The third-order valence-corrected chi connectivity index (χ3v) is 5.24. The highest BCUT2D eigenvalue weighted by Gasteiger charge is 2.32. The van der Waals surface area contributed by atoms with Crippen molar-refractivity contribution in [2.45, 2.75) is 51.6 Å². The van der Waals surface area contributed by atoms with Crippen LogP contribution in [0.5, 0.6) is 0 Å². The molecule has 2 N–H and O–H groups in total. The zero-order valence-electron chi connectivity index (χ0n) is 15.6. The minimum Gasteiger partial charge on any atom is -0.347 e. The van der Waals surface area contributed by atoms with E-state index in [4.69, 9.17) is 0 Å². The van der Waals surface area contributed by atoms with E-state index in [1.54, 1.807) is 0 Å². The Morgan fingerprint density at radius 1 is 1.16 bits per heavy atom. The van der Waals surface area contributed by atoms with E-state index < -0.39 is 5.41 Å². The van der Waals surface area contributed by atoms with Crippen molar-refractivity contribution in [1.29, 1.82) is 0 Å². The number of hydrogen-bond acceptors (Lipinski definition) is 2. The molecule has 0 saturated heterocycles. The van der Waals surface area contributed by atoms with E-state index >= 15 is 0 Å². The minimum atomic E-state index is -0.559. The van der Waals surface area contributed by atoms with Crippen molar-refractivity contribution in [2.75, 3.05) is 6.54 Å². The van der Waals surface area contributed by atoms with Crippen LogP contribution in [-0.4, -0.2) is 12.5 Å². The fraction of sp³-hybridized carbons (Fsp3) is 0.409. The van der Waals surface area contributed by atoms with Gasteiger partial charge in [-0.3, -0.25) is 4.79 Å². The van der Waals surface area contributed by atoms with Crippen molar-refractivity contribution in [3.8, 4) is 0 Å². The Labute approximate surface area is 150 Å². The number of rotatable bonds is 4. The third-order valence-electron chi connectivity index (χ3n) is 5.24. The van der Waals surface area contributed by atoms with Crippen LogP contribution >= 0.6 is 0 Å². The predicted molar refractivity (Wildman–Crippen MR) is 103 cm³/mol. The van der Waals surface area contributed by atoms with Gasteiger partial charge in [-0.1, -0.05) is 62.4 Å². The molecule has 25 heavy (non-hydrogen) atoms. The summed E-state index contributed by atoms with van der Waals surface area (Å²) < 4.78 is 0. The summed E-state index contributed by atoms with van der Waals surface area (Å²) in [5.74, 6) is 0.573. The zero-order chi connectivity index (χ0) is 18.0. The average molecular weight is 336 g/mol. The number of amides is 1. The van der Waals surface area contributed by atoms with Gasteiger partial charge in [-0.25, -0.2) is 0 Å². The molecule has 2 aromatic rings. The molecule has 2 aromatic carbocycles. The van der Waals surface area contributed by atoms with Crippen molar-refractivity contribution in [1.82, 2.24) is 10.6 Å². The fourth-order valence-electron chi connectivity index (χ4n) is 3.39. The lowest BCUT2D eigenvalue weighted by atomic mass is 9.83. The van der Waals surface area contributed by atoms with E-state index in [1.807, 2.05) is 44.2 Å². The average Bonchev–Trinajstić information content (AvgIpc) is 2.62.